The molecular weight excluding hydrogens is 446 g/mol. The van der Waals surface area contributed by atoms with Gasteiger partial charge in [-0.2, -0.15) is 5.10 Å². The van der Waals surface area contributed by atoms with Crippen molar-refractivity contribution in [1.29, 1.82) is 0 Å². The Kier molecular flexibility index (Phi) is 7.08. The van der Waals surface area contributed by atoms with E-state index in [0.29, 0.717) is 16.1 Å². The predicted octanol–water partition coefficient (Wildman–Crippen LogP) is 4.00. The second-order valence-electron chi connectivity index (χ2n) is 7.91. The second kappa shape index (κ2) is 10.4. The molecule has 0 aliphatic carbocycles. The molecule has 7 nitrogen and oxygen atoms in total. The first kappa shape index (κ1) is 23.3. The molecular formula is C26H25N5O2S. The van der Waals surface area contributed by atoms with Gasteiger partial charge in [-0.05, 0) is 48.4 Å². The lowest BCUT2D eigenvalue weighted by Gasteiger charge is -2.14. The summed E-state index contributed by atoms with van der Waals surface area (Å²) in [6.45, 7) is 1.94. The zero-order chi connectivity index (χ0) is 24.1. The maximum Gasteiger partial charge on any atom is 0.266 e. The van der Waals surface area contributed by atoms with E-state index in [9.17, 15) is 9.59 Å². The quantitative estimate of drug-likeness (QED) is 0.191. The summed E-state index contributed by atoms with van der Waals surface area (Å²) >= 11 is 1.20. The molecule has 1 N–H and O–H groups in total. The first-order chi connectivity index (χ1) is 16.4. The van der Waals surface area contributed by atoms with Crippen LogP contribution in [-0.4, -0.2) is 41.5 Å². The number of aryl methyl sites for hydroxylation is 1. The minimum Gasteiger partial charge on any atom is -0.378 e. The lowest BCUT2D eigenvalue weighted by Crippen LogP contribution is -2.24. The number of amides is 1. The summed E-state index contributed by atoms with van der Waals surface area (Å²) in [6.07, 6.45) is 1.60. The van der Waals surface area contributed by atoms with Crippen molar-refractivity contribution in [2.75, 3.05) is 24.7 Å². The van der Waals surface area contributed by atoms with Crippen molar-refractivity contribution in [2.45, 2.75) is 12.1 Å². The molecule has 0 saturated heterocycles. The minimum atomic E-state index is -0.287. The van der Waals surface area contributed by atoms with Gasteiger partial charge >= 0.3 is 0 Å². The third-order valence-electron chi connectivity index (χ3n) is 5.25. The number of carbonyl (C=O) groups is 1. The highest BCUT2D eigenvalue weighted by Gasteiger charge is 2.15. The van der Waals surface area contributed by atoms with Crippen LogP contribution >= 0.6 is 11.8 Å². The van der Waals surface area contributed by atoms with E-state index >= 15 is 0 Å². The highest BCUT2D eigenvalue weighted by Crippen LogP contribution is 2.23. The summed E-state index contributed by atoms with van der Waals surface area (Å²) < 4.78 is 1.57. The number of thioether (sulfide) groups is 1. The van der Waals surface area contributed by atoms with E-state index in [1.54, 1.807) is 22.9 Å². The molecule has 3 aromatic carbocycles. The van der Waals surface area contributed by atoms with Crippen molar-refractivity contribution < 1.29 is 4.79 Å². The van der Waals surface area contributed by atoms with Gasteiger partial charge in [0.05, 0.1) is 28.6 Å². The lowest BCUT2D eigenvalue weighted by molar-refractivity contribution is -0.118. The third kappa shape index (κ3) is 5.18. The van der Waals surface area contributed by atoms with Crippen LogP contribution in [0.25, 0.3) is 16.6 Å². The summed E-state index contributed by atoms with van der Waals surface area (Å²) in [4.78, 5) is 32.5. The molecule has 0 fully saturated rings. The summed E-state index contributed by atoms with van der Waals surface area (Å²) in [6, 6.07) is 22.7. The van der Waals surface area contributed by atoms with Crippen molar-refractivity contribution >= 4 is 40.5 Å². The fraction of sp³-hybridized carbons (Fsp3) is 0.154. The van der Waals surface area contributed by atoms with Gasteiger partial charge in [-0.25, -0.2) is 10.4 Å². The number of aromatic nitrogens is 2. The van der Waals surface area contributed by atoms with Gasteiger partial charge < -0.3 is 4.90 Å². The van der Waals surface area contributed by atoms with Crippen molar-refractivity contribution in [3.63, 3.8) is 0 Å². The standard InChI is InChI=1S/C26H25N5O2S/c1-18-8-4-7-11-23(18)31-25(33)21-9-5-6-10-22(21)28-26(31)34-17-24(32)29-27-16-19-12-14-20(15-13-19)30(2)3/h4-16H,17H2,1-3H3,(H,29,32). The number of anilines is 1. The maximum atomic E-state index is 13.3. The van der Waals surface area contributed by atoms with E-state index in [-0.39, 0.29) is 17.2 Å². The fourth-order valence-corrected chi connectivity index (χ4v) is 4.23. The van der Waals surface area contributed by atoms with E-state index in [0.717, 1.165) is 22.5 Å². The van der Waals surface area contributed by atoms with Gasteiger partial charge in [-0.3, -0.25) is 14.2 Å². The number of hydrogen-bond donors (Lipinski definition) is 1. The zero-order valence-corrected chi connectivity index (χ0v) is 20.0. The smallest absolute Gasteiger partial charge is 0.266 e. The molecule has 1 aromatic heterocycles. The Balaban J connectivity index is 1.52. The Morgan fingerprint density at radius 3 is 2.50 bits per heavy atom. The minimum absolute atomic E-state index is 0.0631. The SMILES string of the molecule is Cc1ccccc1-n1c(SCC(=O)NN=Cc2ccc(N(C)C)cc2)nc2ccccc2c1=O. The largest absolute Gasteiger partial charge is 0.378 e. The van der Waals surface area contributed by atoms with E-state index < -0.39 is 0 Å². The molecule has 0 radical (unpaired) electrons. The number of rotatable bonds is 7. The second-order valence-corrected chi connectivity index (χ2v) is 8.85. The third-order valence-corrected chi connectivity index (χ3v) is 6.18. The molecule has 1 amide bonds. The Morgan fingerprint density at radius 2 is 1.76 bits per heavy atom. The predicted molar refractivity (Wildman–Crippen MR) is 139 cm³/mol. The van der Waals surface area contributed by atoms with Crippen LogP contribution in [0.3, 0.4) is 0 Å². The maximum absolute atomic E-state index is 13.3. The molecule has 0 spiro atoms. The van der Waals surface area contributed by atoms with Crippen LogP contribution in [0.2, 0.25) is 0 Å². The number of hydrazone groups is 1. The highest BCUT2D eigenvalue weighted by molar-refractivity contribution is 7.99. The van der Waals surface area contributed by atoms with E-state index in [2.05, 4.69) is 15.5 Å². The van der Waals surface area contributed by atoms with Crippen molar-refractivity contribution in [3.05, 3.63) is 94.3 Å². The Hall–Kier alpha value is -3.91. The van der Waals surface area contributed by atoms with Gasteiger partial charge in [0.15, 0.2) is 5.16 Å². The molecule has 4 aromatic rings. The zero-order valence-electron chi connectivity index (χ0n) is 19.2. The Labute approximate surface area is 202 Å². The number of benzene rings is 3. The molecule has 0 saturated carbocycles. The van der Waals surface area contributed by atoms with Gasteiger partial charge in [0.25, 0.3) is 11.5 Å². The van der Waals surface area contributed by atoms with Crippen LogP contribution in [0, 0.1) is 6.92 Å². The van der Waals surface area contributed by atoms with Gasteiger partial charge in [-0.15, -0.1) is 0 Å². The molecule has 0 unspecified atom stereocenters. The summed E-state index contributed by atoms with van der Waals surface area (Å²) in [5.41, 5.74) is 6.62. The summed E-state index contributed by atoms with van der Waals surface area (Å²) in [5, 5.41) is 5.04. The number of para-hydroxylation sites is 2. The van der Waals surface area contributed by atoms with Crippen LogP contribution in [0.1, 0.15) is 11.1 Å². The van der Waals surface area contributed by atoms with Gasteiger partial charge in [0, 0.05) is 19.8 Å². The highest BCUT2D eigenvalue weighted by atomic mass is 32.2. The summed E-state index contributed by atoms with van der Waals surface area (Å²) in [5.74, 6) is -0.224. The molecule has 0 bridgehead atoms. The molecule has 0 aliphatic rings. The molecule has 0 aliphatic heterocycles. The van der Waals surface area contributed by atoms with Crippen LogP contribution < -0.4 is 15.9 Å². The molecule has 1 heterocycles. The topological polar surface area (TPSA) is 79.6 Å². The number of hydrogen-bond acceptors (Lipinski definition) is 6. The van der Waals surface area contributed by atoms with E-state index in [1.807, 2.05) is 86.6 Å². The number of nitrogens with one attached hydrogen (secondary N) is 1. The number of nitrogens with zero attached hydrogens (tertiary/aromatic N) is 4. The Bertz CT molecular complexity index is 1410. The van der Waals surface area contributed by atoms with Crippen LogP contribution in [0.5, 0.6) is 0 Å². The molecule has 0 atom stereocenters. The van der Waals surface area contributed by atoms with Gasteiger partial charge in [0.2, 0.25) is 0 Å². The van der Waals surface area contributed by atoms with Crippen LogP contribution in [0.4, 0.5) is 5.69 Å². The van der Waals surface area contributed by atoms with E-state index in [1.165, 1.54) is 11.8 Å². The first-order valence-corrected chi connectivity index (χ1v) is 11.7. The van der Waals surface area contributed by atoms with Crippen molar-refractivity contribution in [2.24, 2.45) is 5.10 Å². The number of fused-ring (bicyclic) bond motifs is 1. The average molecular weight is 472 g/mol. The molecule has 8 heteroatoms. The normalized spacial score (nSPS) is 11.1. The molecule has 172 valence electrons. The molecule has 4 rings (SSSR count). The monoisotopic (exact) mass is 471 g/mol. The van der Waals surface area contributed by atoms with E-state index in [4.69, 9.17) is 0 Å². The Morgan fingerprint density at radius 1 is 1.06 bits per heavy atom. The first-order valence-electron chi connectivity index (χ1n) is 10.7. The summed E-state index contributed by atoms with van der Waals surface area (Å²) in [7, 11) is 3.95. The molecule has 34 heavy (non-hydrogen) atoms. The fourth-order valence-electron chi connectivity index (χ4n) is 3.44. The van der Waals surface area contributed by atoms with Crippen molar-refractivity contribution in [3.8, 4) is 5.69 Å². The van der Waals surface area contributed by atoms with Gasteiger partial charge in [-0.1, -0.05) is 54.2 Å². The van der Waals surface area contributed by atoms with Crippen LogP contribution in [0.15, 0.2) is 87.8 Å². The lowest BCUT2D eigenvalue weighted by atomic mass is 10.2. The number of carbonyl (C=O) groups excluding carboxylic acids is 1. The van der Waals surface area contributed by atoms with Gasteiger partial charge in [0.1, 0.15) is 0 Å². The van der Waals surface area contributed by atoms with Crippen LogP contribution in [-0.2, 0) is 4.79 Å². The van der Waals surface area contributed by atoms with Crippen molar-refractivity contribution in [1.82, 2.24) is 15.0 Å². The average Bonchev–Trinajstić information content (AvgIpc) is 2.84.